The first-order chi connectivity index (χ1) is 10.2. The maximum atomic E-state index is 12.3. The summed E-state index contributed by atoms with van der Waals surface area (Å²) in [7, 11) is 1.54. The Balaban J connectivity index is 1.71. The molecule has 2 aromatic rings. The van der Waals surface area contributed by atoms with E-state index in [1.165, 1.54) is 7.11 Å². The zero-order valence-corrected chi connectivity index (χ0v) is 11.6. The van der Waals surface area contributed by atoms with Crippen molar-refractivity contribution in [1.29, 1.82) is 0 Å². The average molecular weight is 284 g/mol. The number of hydrogen-bond donors (Lipinski definition) is 2. The highest BCUT2D eigenvalue weighted by Gasteiger charge is 2.28. The average Bonchev–Trinajstić information content (AvgIpc) is 2.93. The lowest BCUT2D eigenvalue weighted by Crippen LogP contribution is -2.31. The molecule has 3 N–H and O–H groups in total. The summed E-state index contributed by atoms with van der Waals surface area (Å²) >= 11 is 0. The maximum Gasteiger partial charge on any atom is 0.265 e. The molecular formula is C16H16N2O3. The van der Waals surface area contributed by atoms with Gasteiger partial charge in [0.25, 0.3) is 5.91 Å². The molecule has 21 heavy (non-hydrogen) atoms. The van der Waals surface area contributed by atoms with Gasteiger partial charge in [0.05, 0.1) is 12.8 Å². The second kappa shape index (κ2) is 5.36. The first-order valence-electron chi connectivity index (χ1n) is 6.66. The Bertz CT molecular complexity index is 660. The van der Waals surface area contributed by atoms with Crippen molar-refractivity contribution >= 4 is 17.3 Å². The van der Waals surface area contributed by atoms with Crippen LogP contribution in [0.25, 0.3) is 0 Å². The molecule has 1 unspecified atom stereocenters. The molecule has 0 saturated heterocycles. The second-order valence-corrected chi connectivity index (χ2v) is 4.86. The van der Waals surface area contributed by atoms with Crippen molar-refractivity contribution in [3.8, 4) is 11.5 Å². The van der Waals surface area contributed by atoms with Crippen molar-refractivity contribution < 1.29 is 14.3 Å². The van der Waals surface area contributed by atoms with Crippen LogP contribution in [0.5, 0.6) is 11.5 Å². The number of carbonyl (C=O) groups is 1. The third-order valence-electron chi connectivity index (χ3n) is 3.44. The highest BCUT2D eigenvalue weighted by molar-refractivity contribution is 5.95. The monoisotopic (exact) mass is 284 g/mol. The number of anilines is 2. The largest absolute Gasteiger partial charge is 0.495 e. The quantitative estimate of drug-likeness (QED) is 0.848. The number of nitrogen functional groups attached to an aromatic ring is 1. The van der Waals surface area contributed by atoms with Crippen LogP contribution in [0.4, 0.5) is 11.4 Å². The van der Waals surface area contributed by atoms with Crippen LogP contribution in [0.1, 0.15) is 5.56 Å². The van der Waals surface area contributed by atoms with Crippen LogP contribution in [0.15, 0.2) is 42.5 Å². The summed E-state index contributed by atoms with van der Waals surface area (Å²) in [6.07, 6.45) is 0.0691. The number of benzene rings is 2. The van der Waals surface area contributed by atoms with E-state index in [4.69, 9.17) is 15.2 Å². The van der Waals surface area contributed by atoms with Gasteiger partial charge in [0.1, 0.15) is 11.5 Å². The molecule has 1 aliphatic rings. The van der Waals surface area contributed by atoms with E-state index in [0.717, 1.165) is 11.3 Å². The Morgan fingerprint density at radius 2 is 2.14 bits per heavy atom. The van der Waals surface area contributed by atoms with Crippen molar-refractivity contribution in [2.75, 3.05) is 18.2 Å². The predicted molar refractivity (Wildman–Crippen MR) is 80.6 cm³/mol. The normalized spacial score (nSPS) is 16.0. The summed E-state index contributed by atoms with van der Waals surface area (Å²) in [4.78, 5) is 12.3. The van der Waals surface area contributed by atoms with Gasteiger partial charge in [-0.25, -0.2) is 0 Å². The Kier molecular flexibility index (Phi) is 3.39. The van der Waals surface area contributed by atoms with Gasteiger partial charge in [-0.1, -0.05) is 18.2 Å². The topological polar surface area (TPSA) is 73.6 Å². The van der Waals surface area contributed by atoms with E-state index in [1.807, 2.05) is 24.3 Å². The van der Waals surface area contributed by atoms with Crippen LogP contribution in [0.3, 0.4) is 0 Å². The molecule has 108 valence electrons. The van der Waals surface area contributed by atoms with Crippen molar-refractivity contribution in [2.24, 2.45) is 0 Å². The summed E-state index contributed by atoms with van der Waals surface area (Å²) in [5.41, 5.74) is 7.95. The highest BCUT2D eigenvalue weighted by Crippen LogP contribution is 2.29. The van der Waals surface area contributed by atoms with Gasteiger partial charge in [-0.3, -0.25) is 4.79 Å². The molecule has 0 aromatic heterocycles. The molecule has 0 spiro atoms. The number of nitrogens with one attached hydrogen (secondary N) is 1. The van der Waals surface area contributed by atoms with E-state index in [9.17, 15) is 4.79 Å². The standard InChI is InChI=1S/C16H16N2O3/c1-20-14-9-11(6-7-12(14)17)18-16(19)15-8-10-4-2-3-5-13(10)21-15/h2-7,9,15H,8,17H2,1H3,(H,18,19). The highest BCUT2D eigenvalue weighted by atomic mass is 16.5. The summed E-state index contributed by atoms with van der Waals surface area (Å²) < 4.78 is 10.8. The Morgan fingerprint density at radius 1 is 1.33 bits per heavy atom. The molecule has 0 radical (unpaired) electrons. The van der Waals surface area contributed by atoms with Crippen molar-refractivity contribution in [3.63, 3.8) is 0 Å². The molecule has 5 heteroatoms. The zero-order valence-electron chi connectivity index (χ0n) is 11.6. The van der Waals surface area contributed by atoms with Gasteiger partial charge in [-0.2, -0.15) is 0 Å². The minimum Gasteiger partial charge on any atom is -0.495 e. The van der Waals surface area contributed by atoms with Gasteiger partial charge in [0, 0.05) is 18.2 Å². The molecule has 1 aliphatic heterocycles. The fourth-order valence-corrected chi connectivity index (χ4v) is 2.34. The molecule has 0 fully saturated rings. The number of ether oxygens (including phenoxy) is 2. The van der Waals surface area contributed by atoms with E-state index in [0.29, 0.717) is 23.5 Å². The Hall–Kier alpha value is -2.69. The second-order valence-electron chi connectivity index (χ2n) is 4.86. The van der Waals surface area contributed by atoms with Crippen LogP contribution in [0.2, 0.25) is 0 Å². The number of rotatable bonds is 3. The van der Waals surface area contributed by atoms with Gasteiger partial charge < -0.3 is 20.5 Å². The van der Waals surface area contributed by atoms with Crippen LogP contribution < -0.4 is 20.5 Å². The van der Waals surface area contributed by atoms with E-state index in [2.05, 4.69) is 5.32 Å². The van der Waals surface area contributed by atoms with E-state index in [-0.39, 0.29) is 5.91 Å². The molecular weight excluding hydrogens is 268 g/mol. The predicted octanol–water partition coefficient (Wildman–Crippen LogP) is 2.22. The third kappa shape index (κ3) is 2.63. The molecule has 2 aromatic carbocycles. The van der Waals surface area contributed by atoms with Crippen LogP contribution in [0, 0.1) is 0 Å². The van der Waals surface area contributed by atoms with Crippen LogP contribution in [-0.4, -0.2) is 19.1 Å². The summed E-state index contributed by atoms with van der Waals surface area (Å²) in [6, 6.07) is 12.8. The molecule has 3 rings (SSSR count). The summed E-state index contributed by atoms with van der Waals surface area (Å²) in [5, 5.41) is 2.82. The van der Waals surface area contributed by atoms with Gasteiger partial charge in [-0.15, -0.1) is 0 Å². The lowest BCUT2D eigenvalue weighted by molar-refractivity contribution is -0.122. The molecule has 0 bridgehead atoms. The number of para-hydroxylation sites is 1. The molecule has 1 heterocycles. The number of methoxy groups -OCH3 is 1. The smallest absolute Gasteiger partial charge is 0.265 e. The van der Waals surface area contributed by atoms with Gasteiger partial charge in [0.2, 0.25) is 0 Å². The summed E-state index contributed by atoms with van der Waals surface area (Å²) in [6.45, 7) is 0. The first kappa shape index (κ1) is 13.3. The minimum absolute atomic E-state index is 0.182. The minimum atomic E-state index is -0.508. The van der Waals surface area contributed by atoms with Crippen molar-refractivity contribution in [1.82, 2.24) is 0 Å². The van der Waals surface area contributed by atoms with Gasteiger partial charge >= 0.3 is 0 Å². The van der Waals surface area contributed by atoms with Crippen molar-refractivity contribution in [2.45, 2.75) is 12.5 Å². The van der Waals surface area contributed by atoms with Gasteiger partial charge in [-0.05, 0) is 23.8 Å². The van der Waals surface area contributed by atoms with E-state index < -0.39 is 6.10 Å². The number of fused-ring (bicyclic) bond motifs is 1. The zero-order chi connectivity index (χ0) is 14.8. The van der Waals surface area contributed by atoms with Crippen LogP contribution in [-0.2, 0) is 11.2 Å². The van der Waals surface area contributed by atoms with E-state index >= 15 is 0 Å². The van der Waals surface area contributed by atoms with Crippen molar-refractivity contribution in [3.05, 3.63) is 48.0 Å². The fraction of sp³-hybridized carbons (Fsp3) is 0.188. The lowest BCUT2D eigenvalue weighted by Gasteiger charge is -2.12. The number of carbonyl (C=O) groups excluding carboxylic acids is 1. The molecule has 1 atom stereocenters. The number of amides is 1. The summed E-state index contributed by atoms with van der Waals surface area (Å²) in [5.74, 6) is 1.12. The van der Waals surface area contributed by atoms with Crippen LogP contribution >= 0.6 is 0 Å². The Labute approximate surface area is 122 Å². The maximum absolute atomic E-state index is 12.3. The van der Waals surface area contributed by atoms with E-state index in [1.54, 1.807) is 18.2 Å². The lowest BCUT2D eigenvalue weighted by atomic mass is 10.1. The SMILES string of the molecule is COc1cc(NC(=O)C2Cc3ccccc3O2)ccc1N. The number of nitrogens with two attached hydrogens (primary N) is 1. The Morgan fingerprint density at radius 3 is 2.90 bits per heavy atom. The third-order valence-corrected chi connectivity index (χ3v) is 3.44. The van der Waals surface area contributed by atoms with Gasteiger partial charge in [0.15, 0.2) is 6.10 Å². The first-order valence-corrected chi connectivity index (χ1v) is 6.66. The number of hydrogen-bond acceptors (Lipinski definition) is 4. The molecule has 0 aliphatic carbocycles. The molecule has 0 saturated carbocycles. The molecule has 5 nitrogen and oxygen atoms in total. The molecule has 1 amide bonds. The fourth-order valence-electron chi connectivity index (χ4n) is 2.34.